The standard InChI is InChI=1S/C21H29NO3S/c1-24-18-8-17(9-19(10-18)25-2)20(23)22-3-4-26-21-11-14-5-15(12-21)7-16(6-14)13-21/h8-10,14-16H,3-7,11-13H2,1-2H3,(H,22,23). The smallest absolute Gasteiger partial charge is 0.251 e. The van der Waals surface area contributed by atoms with Crippen molar-refractivity contribution in [3.63, 3.8) is 0 Å². The minimum atomic E-state index is -0.0617. The van der Waals surface area contributed by atoms with Gasteiger partial charge in [0.25, 0.3) is 5.91 Å². The van der Waals surface area contributed by atoms with Gasteiger partial charge in [-0.1, -0.05) is 0 Å². The monoisotopic (exact) mass is 375 g/mol. The maximum atomic E-state index is 12.5. The Bertz CT molecular complexity index is 618. The molecule has 0 aliphatic heterocycles. The van der Waals surface area contributed by atoms with Gasteiger partial charge in [0.15, 0.2) is 0 Å². The molecule has 1 amide bonds. The van der Waals surface area contributed by atoms with Crippen LogP contribution in [-0.2, 0) is 0 Å². The third-order valence-electron chi connectivity index (χ3n) is 6.39. The number of rotatable bonds is 7. The van der Waals surface area contributed by atoms with E-state index in [-0.39, 0.29) is 5.91 Å². The molecule has 4 saturated carbocycles. The number of thioether (sulfide) groups is 1. The van der Waals surface area contributed by atoms with Gasteiger partial charge in [-0.25, -0.2) is 0 Å². The summed E-state index contributed by atoms with van der Waals surface area (Å²) in [5, 5.41) is 3.06. The van der Waals surface area contributed by atoms with E-state index < -0.39 is 0 Å². The summed E-state index contributed by atoms with van der Waals surface area (Å²) in [5.74, 6) is 5.15. The number of nitrogens with one attached hydrogen (secondary N) is 1. The molecule has 4 fully saturated rings. The van der Waals surface area contributed by atoms with Crippen LogP contribution in [0, 0.1) is 17.8 Å². The lowest BCUT2D eigenvalue weighted by Crippen LogP contribution is -2.48. The van der Waals surface area contributed by atoms with Crippen LogP contribution in [-0.4, -0.2) is 37.2 Å². The molecule has 142 valence electrons. The van der Waals surface area contributed by atoms with Crippen molar-refractivity contribution in [2.24, 2.45) is 17.8 Å². The number of amides is 1. The SMILES string of the molecule is COc1cc(OC)cc(C(=O)NCCSC23CC4CC(CC(C4)C2)C3)c1. The lowest BCUT2D eigenvalue weighted by molar-refractivity contribution is 0.0383. The van der Waals surface area contributed by atoms with Crippen LogP contribution in [0.25, 0.3) is 0 Å². The normalized spacial score (nSPS) is 31.7. The summed E-state index contributed by atoms with van der Waals surface area (Å²) in [6.07, 6.45) is 8.66. The van der Waals surface area contributed by atoms with Gasteiger partial charge in [-0.15, -0.1) is 0 Å². The molecule has 0 saturated heterocycles. The molecule has 4 bridgehead atoms. The maximum Gasteiger partial charge on any atom is 0.251 e. The summed E-state index contributed by atoms with van der Waals surface area (Å²) < 4.78 is 11.0. The van der Waals surface area contributed by atoms with E-state index in [9.17, 15) is 4.79 Å². The van der Waals surface area contributed by atoms with Gasteiger partial charge in [-0.3, -0.25) is 4.79 Å². The fourth-order valence-corrected chi connectivity index (χ4v) is 7.38. The average Bonchev–Trinajstić information content (AvgIpc) is 2.63. The average molecular weight is 376 g/mol. The Morgan fingerprint density at radius 1 is 1.04 bits per heavy atom. The number of carbonyl (C=O) groups excluding carboxylic acids is 1. The Kier molecular flexibility index (Phi) is 5.09. The Labute approximate surface area is 160 Å². The molecule has 4 aliphatic rings. The third kappa shape index (κ3) is 3.68. The second-order valence-electron chi connectivity index (χ2n) is 8.31. The molecule has 1 N–H and O–H groups in total. The molecule has 0 aromatic heterocycles. The van der Waals surface area contributed by atoms with Crippen molar-refractivity contribution >= 4 is 17.7 Å². The lowest BCUT2D eigenvalue weighted by atomic mass is 9.56. The van der Waals surface area contributed by atoms with Gasteiger partial charge in [0, 0.05) is 28.7 Å². The van der Waals surface area contributed by atoms with Crippen LogP contribution >= 0.6 is 11.8 Å². The molecule has 0 heterocycles. The summed E-state index contributed by atoms with van der Waals surface area (Å²) in [6, 6.07) is 5.29. The van der Waals surface area contributed by atoms with E-state index in [2.05, 4.69) is 17.1 Å². The van der Waals surface area contributed by atoms with E-state index in [1.807, 2.05) is 0 Å². The quantitative estimate of drug-likeness (QED) is 0.728. The first-order valence-corrected chi connectivity index (χ1v) is 10.7. The zero-order chi connectivity index (χ0) is 18.1. The van der Waals surface area contributed by atoms with Crippen molar-refractivity contribution in [3.8, 4) is 11.5 Å². The molecule has 1 aromatic carbocycles. The molecule has 0 unspecified atom stereocenters. The largest absolute Gasteiger partial charge is 0.497 e. The van der Waals surface area contributed by atoms with E-state index >= 15 is 0 Å². The summed E-state index contributed by atoms with van der Waals surface area (Å²) in [6.45, 7) is 0.713. The highest BCUT2D eigenvalue weighted by atomic mass is 32.2. The van der Waals surface area contributed by atoms with E-state index in [1.165, 1.54) is 38.5 Å². The fraction of sp³-hybridized carbons (Fsp3) is 0.667. The van der Waals surface area contributed by atoms with Gasteiger partial charge in [0.05, 0.1) is 14.2 Å². The predicted molar refractivity (Wildman–Crippen MR) is 105 cm³/mol. The number of benzene rings is 1. The molecule has 0 atom stereocenters. The van der Waals surface area contributed by atoms with Crippen LogP contribution in [0.1, 0.15) is 48.9 Å². The topological polar surface area (TPSA) is 47.6 Å². The van der Waals surface area contributed by atoms with E-state index in [1.54, 1.807) is 32.4 Å². The first kappa shape index (κ1) is 18.0. The Balaban J connectivity index is 1.29. The van der Waals surface area contributed by atoms with Crippen molar-refractivity contribution in [3.05, 3.63) is 23.8 Å². The fourth-order valence-electron chi connectivity index (χ4n) is 5.68. The first-order valence-electron chi connectivity index (χ1n) is 9.74. The second kappa shape index (κ2) is 7.34. The minimum Gasteiger partial charge on any atom is -0.497 e. The van der Waals surface area contributed by atoms with Crippen molar-refractivity contribution in [2.45, 2.75) is 43.3 Å². The molecule has 4 nitrogen and oxygen atoms in total. The van der Waals surface area contributed by atoms with Gasteiger partial charge in [0.2, 0.25) is 0 Å². The second-order valence-corrected chi connectivity index (χ2v) is 9.87. The van der Waals surface area contributed by atoms with E-state index in [0.29, 0.717) is 28.4 Å². The highest BCUT2D eigenvalue weighted by molar-refractivity contribution is 8.00. The zero-order valence-electron chi connectivity index (χ0n) is 15.8. The van der Waals surface area contributed by atoms with Gasteiger partial charge >= 0.3 is 0 Å². The molecular formula is C21H29NO3S. The van der Waals surface area contributed by atoms with Crippen molar-refractivity contribution < 1.29 is 14.3 Å². The molecule has 5 heteroatoms. The number of hydrogen-bond donors (Lipinski definition) is 1. The maximum absolute atomic E-state index is 12.5. The van der Waals surface area contributed by atoms with E-state index in [0.717, 1.165) is 23.5 Å². The number of hydrogen-bond acceptors (Lipinski definition) is 4. The van der Waals surface area contributed by atoms with Crippen molar-refractivity contribution in [1.29, 1.82) is 0 Å². The van der Waals surface area contributed by atoms with Crippen molar-refractivity contribution in [1.82, 2.24) is 5.32 Å². The molecule has 0 spiro atoms. The Morgan fingerprint density at radius 3 is 2.08 bits per heavy atom. The number of carbonyl (C=O) groups is 1. The van der Waals surface area contributed by atoms with Crippen LogP contribution in [0.2, 0.25) is 0 Å². The Morgan fingerprint density at radius 2 is 1.58 bits per heavy atom. The summed E-state index contributed by atoms with van der Waals surface area (Å²) in [4.78, 5) is 12.5. The molecule has 1 aromatic rings. The van der Waals surface area contributed by atoms with Gasteiger partial charge in [-0.05, 0) is 68.4 Å². The van der Waals surface area contributed by atoms with Crippen LogP contribution in [0.3, 0.4) is 0 Å². The number of methoxy groups -OCH3 is 2. The minimum absolute atomic E-state index is 0.0617. The van der Waals surface area contributed by atoms with Crippen molar-refractivity contribution in [2.75, 3.05) is 26.5 Å². The summed E-state index contributed by atoms with van der Waals surface area (Å²) in [5.41, 5.74) is 0.584. The lowest BCUT2D eigenvalue weighted by Gasteiger charge is -2.56. The van der Waals surface area contributed by atoms with Crippen LogP contribution in [0.4, 0.5) is 0 Å². The zero-order valence-corrected chi connectivity index (χ0v) is 16.6. The Hall–Kier alpha value is -1.36. The molecular weight excluding hydrogens is 346 g/mol. The number of ether oxygens (including phenoxy) is 2. The molecule has 26 heavy (non-hydrogen) atoms. The van der Waals surface area contributed by atoms with Gasteiger partial charge < -0.3 is 14.8 Å². The molecule has 5 rings (SSSR count). The van der Waals surface area contributed by atoms with E-state index in [4.69, 9.17) is 9.47 Å². The first-order chi connectivity index (χ1) is 12.6. The highest BCUT2D eigenvalue weighted by Gasteiger charge is 2.50. The molecule has 0 radical (unpaired) electrons. The predicted octanol–water partition coefficient (Wildman–Crippen LogP) is 4.14. The van der Waals surface area contributed by atoms with Gasteiger partial charge in [-0.2, -0.15) is 11.8 Å². The van der Waals surface area contributed by atoms with Crippen LogP contribution in [0.5, 0.6) is 11.5 Å². The van der Waals surface area contributed by atoms with Crippen LogP contribution < -0.4 is 14.8 Å². The van der Waals surface area contributed by atoms with Crippen LogP contribution in [0.15, 0.2) is 18.2 Å². The summed E-state index contributed by atoms with van der Waals surface area (Å²) in [7, 11) is 3.19. The third-order valence-corrected chi connectivity index (χ3v) is 7.91. The van der Waals surface area contributed by atoms with Gasteiger partial charge in [0.1, 0.15) is 11.5 Å². The molecule has 4 aliphatic carbocycles. The summed E-state index contributed by atoms with van der Waals surface area (Å²) >= 11 is 2.12. The highest BCUT2D eigenvalue weighted by Crippen LogP contribution is 2.60.